The van der Waals surface area contributed by atoms with Gasteiger partial charge < -0.3 is 4.98 Å². The zero-order valence-electron chi connectivity index (χ0n) is 15.4. The molecule has 0 unspecified atom stereocenters. The number of aromatic amines is 1. The smallest absolute Gasteiger partial charge is 0.260 e. The van der Waals surface area contributed by atoms with Gasteiger partial charge >= 0.3 is 0 Å². The second-order valence-corrected chi connectivity index (χ2v) is 8.22. The summed E-state index contributed by atoms with van der Waals surface area (Å²) < 4.78 is 0. The molecule has 0 spiro atoms. The number of benzene rings is 2. The van der Waals surface area contributed by atoms with E-state index in [4.69, 9.17) is 4.98 Å². The fraction of sp³-hybridized carbons (Fsp3) is 0.167. The predicted octanol–water partition coefficient (Wildman–Crippen LogP) is 5.45. The van der Waals surface area contributed by atoms with E-state index in [2.05, 4.69) is 35.3 Å². The first-order valence-corrected chi connectivity index (χ1v) is 10.5. The lowest BCUT2D eigenvalue weighted by Crippen LogP contribution is -2.13. The number of nitrogens with one attached hydrogen (secondary N) is 1. The highest BCUT2D eigenvalue weighted by atomic mass is 32.1. The number of fused-ring (bicyclic) bond motifs is 3. The standard InChI is InChI=1S/C24H20N2OS/c27-23-21-18-13-7-8-14-20(18)28-24(21)26-22(25-23)19(17-11-5-2-6-12-17)15-16-9-3-1-4-10-16/h1-6,9-12,15H,7-8,13-14H2,(H,25,26,27)/b19-15+. The van der Waals surface area contributed by atoms with Crippen LogP contribution in [0.4, 0.5) is 0 Å². The van der Waals surface area contributed by atoms with Crippen molar-refractivity contribution in [1.29, 1.82) is 0 Å². The zero-order chi connectivity index (χ0) is 18.9. The van der Waals surface area contributed by atoms with Crippen LogP contribution in [0.2, 0.25) is 0 Å². The van der Waals surface area contributed by atoms with Crippen LogP contribution in [0.3, 0.4) is 0 Å². The van der Waals surface area contributed by atoms with Crippen molar-refractivity contribution in [2.45, 2.75) is 25.7 Å². The van der Waals surface area contributed by atoms with E-state index in [-0.39, 0.29) is 5.56 Å². The molecule has 1 aliphatic rings. The minimum atomic E-state index is -0.0192. The monoisotopic (exact) mass is 384 g/mol. The van der Waals surface area contributed by atoms with E-state index >= 15 is 0 Å². The maximum Gasteiger partial charge on any atom is 0.260 e. The van der Waals surface area contributed by atoms with Gasteiger partial charge in [-0.05, 0) is 48.4 Å². The van der Waals surface area contributed by atoms with Crippen LogP contribution in [0.1, 0.15) is 40.2 Å². The molecule has 0 bridgehead atoms. The molecule has 4 heteroatoms. The van der Waals surface area contributed by atoms with Crippen LogP contribution in [0, 0.1) is 0 Å². The topological polar surface area (TPSA) is 45.8 Å². The van der Waals surface area contributed by atoms with Gasteiger partial charge in [-0.3, -0.25) is 4.79 Å². The van der Waals surface area contributed by atoms with Crippen LogP contribution >= 0.6 is 11.3 Å². The molecule has 0 amide bonds. The van der Waals surface area contributed by atoms with E-state index < -0.39 is 0 Å². The summed E-state index contributed by atoms with van der Waals surface area (Å²) in [5.41, 5.74) is 4.25. The fourth-order valence-corrected chi connectivity index (χ4v) is 5.18. The average molecular weight is 385 g/mol. The van der Waals surface area contributed by atoms with Crippen LogP contribution < -0.4 is 5.56 Å². The summed E-state index contributed by atoms with van der Waals surface area (Å²) in [5, 5.41) is 0.801. The second kappa shape index (κ2) is 7.21. The zero-order valence-corrected chi connectivity index (χ0v) is 16.3. The molecule has 2 aromatic heterocycles. The lowest BCUT2D eigenvalue weighted by atomic mass is 9.97. The first kappa shape index (κ1) is 17.1. The molecule has 3 nitrogen and oxygen atoms in total. The van der Waals surface area contributed by atoms with Gasteiger partial charge in [0.2, 0.25) is 0 Å². The largest absolute Gasteiger partial charge is 0.306 e. The highest BCUT2D eigenvalue weighted by molar-refractivity contribution is 7.18. The molecular weight excluding hydrogens is 364 g/mol. The summed E-state index contributed by atoms with van der Waals surface area (Å²) in [6.45, 7) is 0. The van der Waals surface area contributed by atoms with Gasteiger partial charge in [0.1, 0.15) is 10.7 Å². The molecule has 0 saturated carbocycles. The maximum atomic E-state index is 13.0. The number of hydrogen-bond donors (Lipinski definition) is 1. The van der Waals surface area contributed by atoms with Crippen molar-refractivity contribution >= 4 is 33.2 Å². The number of aryl methyl sites for hydroxylation is 2. The highest BCUT2D eigenvalue weighted by Gasteiger charge is 2.20. The second-order valence-electron chi connectivity index (χ2n) is 7.14. The Morgan fingerprint density at radius 2 is 1.68 bits per heavy atom. The Hall–Kier alpha value is -2.98. The quantitative estimate of drug-likeness (QED) is 0.477. The summed E-state index contributed by atoms with van der Waals surface area (Å²) in [4.78, 5) is 23.2. The van der Waals surface area contributed by atoms with Gasteiger partial charge in [-0.15, -0.1) is 11.3 Å². The van der Waals surface area contributed by atoms with E-state index in [9.17, 15) is 4.79 Å². The SMILES string of the molecule is O=c1[nH]c(/C(=C/c2ccccc2)c2ccccc2)nc2sc3c(c12)CCCC3. The van der Waals surface area contributed by atoms with E-state index in [1.807, 2.05) is 36.4 Å². The Balaban J connectivity index is 1.72. The van der Waals surface area contributed by atoms with Crippen molar-refractivity contribution in [3.05, 3.63) is 98.4 Å². The van der Waals surface area contributed by atoms with Crippen molar-refractivity contribution in [2.24, 2.45) is 0 Å². The number of thiophene rings is 1. The molecule has 28 heavy (non-hydrogen) atoms. The minimum Gasteiger partial charge on any atom is -0.306 e. The van der Waals surface area contributed by atoms with E-state index in [0.29, 0.717) is 5.82 Å². The maximum absolute atomic E-state index is 13.0. The van der Waals surface area contributed by atoms with Crippen molar-refractivity contribution in [3.63, 3.8) is 0 Å². The van der Waals surface area contributed by atoms with Gasteiger partial charge in [-0.1, -0.05) is 60.7 Å². The Labute approximate surface area is 167 Å². The van der Waals surface area contributed by atoms with E-state index in [1.54, 1.807) is 11.3 Å². The number of H-pyrrole nitrogens is 1. The highest BCUT2D eigenvalue weighted by Crippen LogP contribution is 2.34. The van der Waals surface area contributed by atoms with Gasteiger partial charge in [0, 0.05) is 10.5 Å². The van der Waals surface area contributed by atoms with Gasteiger partial charge in [0.15, 0.2) is 0 Å². The van der Waals surface area contributed by atoms with Crippen LogP contribution in [-0.2, 0) is 12.8 Å². The molecule has 4 aromatic rings. The summed E-state index contributed by atoms with van der Waals surface area (Å²) >= 11 is 1.69. The van der Waals surface area contributed by atoms with Crippen molar-refractivity contribution in [2.75, 3.05) is 0 Å². The number of rotatable bonds is 3. The van der Waals surface area contributed by atoms with Crippen LogP contribution in [0.15, 0.2) is 65.5 Å². The Bertz CT molecular complexity index is 1220. The molecule has 0 aliphatic heterocycles. The summed E-state index contributed by atoms with van der Waals surface area (Å²) in [6.07, 6.45) is 6.51. The van der Waals surface area contributed by atoms with Gasteiger partial charge in [-0.2, -0.15) is 0 Å². The summed E-state index contributed by atoms with van der Waals surface area (Å²) in [7, 11) is 0. The number of hydrogen-bond acceptors (Lipinski definition) is 3. The molecule has 0 fully saturated rings. The first-order chi connectivity index (χ1) is 13.8. The molecule has 5 rings (SSSR count). The summed E-state index contributed by atoms with van der Waals surface area (Å²) in [6, 6.07) is 20.3. The molecule has 1 aliphatic carbocycles. The molecular formula is C24H20N2OS. The Morgan fingerprint density at radius 3 is 2.46 bits per heavy atom. The van der Waals surface area contributed by atoms with Crippen LogP contribution in [-0.4, -0.2) is 9.97 Å². The fourth-order valence-electron chi connectivity index (χ4n) is 3.91. The molecule has 1 N–H and O–H groups in total. The molecule has 2 aromatic carbocycles. The number of aromatic nitrogens is 2. The van der Waals surface area contributed by atoms with Crippen LogP contribution in [0.5, 0.6) is 0 Å². The molecule has 138 valence electrons. The van der Waals surface area contributed by atoms with Crippen molar-refractivity contribution in [3.8, 4) is 0 Å². The average Bonchev–Trinajstić information content (AvgIpc) is 3.12. The lowest BCUT2D eigenvalue weighted by Gasteiger charge is -2.10. The van der Waals surface area contributed by atoms with Gasteiger partial charge in [0.25, 0.3) is 5.56 Å². The number of nitrogens with zero attached hydrogens (tertiary/aromatic N) is 1. The van der Waals surface area contributed by atoms with Crippen molar-refractivity contribution < 1.29 is 0 Å². The Morgan fingerprint density at radius 1 is 0.964 bits per heavy atom. The molecule has 0 saturated heterocycles. The van der Waals surface area contributed by atoms with Gasteiger partial charge in [-0.25, -0.2) is 4.98 Å². The lowest BCUT2D eigenvalue weighted by molar-refractivity contribution is 0.700. The van der Waals surface area contributed by atoms with Crippen molar-refractivity contribution in [1.82, 2.24) is 9.97 Å². The molecule has 0 atom stereocenters. The van der Waals surface area contributed by atoms with Crippen LogP contribution in [0.25, 0.3) is 21.9 Å². The Kier molecular flexibility index (Phi) is 4.41. The van der Waals surface area contributed by atoms with E-state index in [1.165, 1.54) is 16.9 Å². The minimum absolute atomic E-state index is 0.0192. The summed E-state index contributed by atoms with van der Waals surface area (Å²) in [5.74, 6) is 0.631. The third kappa shape index (κ3) is 3.10. The molecule has 2 heterocycles. The van der Waals surface area contributed by atoms with Gasteiger partial charge in [0.05, 0.1) is 5.39 Å². The predicted molar refractivity (Wildman–Crippen MR) is 117 cm³/mol. The third-order valence-electron chi connectivity index (χ3n) is 5.28. The first-order valence-electron chi connectivity index (χ1n) is 9.67. The third-order valence-corrected chi connectivity index (χ3v) is 6.46. The van der Waals surface area contributed by atoms with E-state index in [0.717, 1.165) is 46.2 Å². The molecule has 0 radical (unpaired) electrons. The normalized spacial score (nSPS) is 14.2.